The van der Waals surface area contributed by atoms with E-state index < -0.39 is 0 Å². The Bertz CT molecular complexity index is 1130. The van der Waals surface area contributed by atoms with Crippen LogP contribution in [0.1, 0.15) is 29.3 Å². The summed E-state index contributed by atoms with van der Waals surface area (Å²) in [6.45, 7) is 8.30. The van der Waals surface area contributed by atoms with Crippen LogP contribution in [0.15, 0.2) is 55.0 Å². The molecule has 0 bridgehead atoms. The number of rotatable bonds is 5. The van der Waals surface area contributed by atoms with Crippen molar-refractivity contribution in [1.29, 1.82) is 0 Å². The van der Waals surface area contributed by atoms with Crippen LogP contribution in [-0.2, 0) is 6.54 Å². The molecule has 0 saturated carbocycles. The molecule has 1 fully saturated rings. The van der Waals surface area contributed by atoms with E-state index >= 15 is 0 Å². The molecule has 1 aromatic carbocycles. The van der Waals surface area contributed by atoms with Gasteiger partial charge in [-0.05, 0) is 44.4 Å². The van der Waals surface area contributed by atoms with Gasteiger partial charge in [0.25, 0.3) is 0 Å². The second kappa shape index (κ2) is 7.44. The number of aryl methyl sites for hydroxylation is 2. The first kappa shape index (κ1) is 18.1. The highest BCUT2D eigenvalue weighted by Crippen LogP contribution is 2.27. The first-order valence-electron chi connectivity index (χ1n) is 10.3. The van der Waals surface area contributed by atoms with Crippen LogP contribution in [0.3, 0.4) is 0 Å². The van der Waals surface area contributed by atoms with Crippen molar-refractivity contribution in [3.05, 3.63) is 71.9 Å². The highest BCUT2D eigenvalue weighted by molar-refractivity contribution is 5.72. The highest BCUT2D eigenvalue weighted by atomic mass is 15.3. The van der Waals surface area contributed by atoms with Crippen molar-refractivity contribution in [3.63, 3.8) is 0 Å². The Morgan fingerprint density at radius 3 is 2.83 bits per heavy atom. The Kier molecular flexibility index (Phi) is 4.64. The normalized spacial score (nSPS) is 17.4. The van der Waals surface area contributed by atoms with E-state index in [1.54, 1.807) is 0 Å². The molecule has 1 atom stereocenters. The van der Waals surface area contributed by atoms with E-state index in [2.05, 4.69) is 63.0 Å². The van der Waals surface area contributed by atoms with Gasteiger partial charge >= 0.3 is 0 Å². The van der Waals surface area contributed by atoms with Gasteiger partial charge in [0.05, 0.1) is 11.8 Å². The summed E-state index contributed by atoms with van der Waals surface area (Å²) in [7, 11) is 0. The Balaban J connectivity index is 1.32. The molecule has 3 aromatic heterocycles. The predicted molar refractivity (Wildman–Crippen MR) is 114 cm³/mol. The molecule has 5 rings (SSSR count). The maximum atomic E-state index is 4.71. The Morgan fingerprint density at radius 1 is 1.10 bits per heavy atom. The lowest BCUT2D eigenvalue weighted by atomic mass is 9.99. The summed E-state index contributed by atoms with van der Waals surface area (Å²) in [4.78, 5) is 11.9. The molecule has 0 spiro atoms. The molecular weight excluding hydrogens is 360 g/mol. The Morgan fingerprint density at radius 2 is 1.97 bits per heavy atom. The molecule has 4 aromatic rings. The molecule has 1 aliphatic rings. The summed E-state index contributed by atoms with van der Waals surface area (Å²) in [5.74, 6) is 1.59. The Hall–Kier alpha value is -2.99. The van der Waals surface area contributed by atoms with E-state index in [-0.39, 0.29) is 0 Å². The highest BCUT2D eigenvalue weighted by Gasteiger charge is 2.23. The summed E-state index contributed by atoms with van der Waals surface area (Å²) in [5.41, 5.74) is 5.41. The minimum absolute atomic E-state index is 0.647. The molecule has 148 valence electrons. The van der Waals surface area contributed by atoms with E-state index in [4.69, 9.17) is 4.98 Å². The molecule has 0 N–H and O–H groups in total. The van der Waals surface area contributed by atoms with Crippen molar-refractivity contribution >= 4 is 5.65 Å². The lowest BCUT2D eigenvalue weighted by Crippen LogP contribution is -2.25. The maximum absolute atomic E-state index is 4.71. The molecule has 4 heterocycles. The minimum Gasteiger partial charge on any atom is -0.330 e. The van der Waals surface area contributed by atoms with Gasteiger partial charge in [0, 0.05) is 43.4 Å². The van der Waals surface area contributed by atoms with Crippen LogP contribution < -0.4 is 0 Å². The number of nitrogens with zero attached hydrogens (tertiary/aromatic N) is 6. The molecule has 29 heavy (non-hydrogen) atoms. The molecule has 1 aliphatic heterocycles. The van der Waals surface area contributed by atoms with E-state index in [9.17, 15) is 0 Å². The van der Waals surface area contributed by atoms with Gasteiger partial charge in [-0.15, -0.1) is 0 Å². The fourth-order valence-electron chi connectivity index (χ4n) is 4.44. The van der Waals surface area contributed by atoms with Crippen LogP contribution >= 0.6 is 0 Å². The molecule has 1 saturated heterocycles. The van der Waals surface area contributed by atoms with Gasteiger partial charge in [0.1, 0.15) is 5.82 Å². The standard InChI is InChI=1S/C23H26N6/c1-17-14-18(2)29-23(26-17)21(15-25-29)22-24-9-11-28(22)13-12-27-10-8-20(16-27)19-6-4-3-5-7-19/h3-7,9,11,14-15,20H,8,10,12-13,16H2,1-2H3. The lowest BCUT2D eigenvalue weighted by molar-refractivity contribution is 0.319. The molecule has 0 aliphatic carbocycles. The van der Waals surface area contributed by atoms with Crippen molar-refractivity contribution in [2.24, 2.45) is 0 Å². The number of aromatic nitrogens is 5. The molecule has 1 unspecified atom stereocenters. The van der Waals surface area contributed by atoms with Crippen molar-refractivity contribution in [1.82, 2.24) is 29.0 Å². The summed E-state index contributed by atoms with van der Waals surface area (Å²) in [5, 5.41) is 4.53. The quantitative estimate of drug-likeness (QED) is 0.525. The van der Waals surface area contributed by atoms with Crippen LogP contribution in [0.4, 0.5) is 0 Å². The van der Waals surface area contributed by atoms with E-state index in [1.807, 2.05) is 29.9 Å². The van der Waals surface area contributed by atoms with Crippen molar-refractivity contribution in [2.75, 3.05) is 19.6 Å². The third-order valence-corrected chi connectivity index (χ3v) is 5.93. The van der Waals surface area contributed by atoms with Crippen LogP contribution in [0.5, 0.6) is 0 Å². The summed E-state index contributed by atoms with van der Waals surface area (Å²) in [6, 6.07) is 12.9. The maximum Gasteiger partial charge on any atom is 0.166 e. The minimum atomic E-state index is 0.647. The topological polar surface area (TPSA) is 51.3 Å². The van der Waals surface area contributed by atoms with E-state index in [1.165, 1.54) is 12.0 Å². The average Bonchev–Trinajstić information content (AvgIpc) is 3.46. The monoisotopic (exact) mass is 386 g/mol. The number of hydrogen-bond donors (Lipinski definition) is 0. The number of likely N-dealkylation sites (tertiary alicyclic amines) is 1. The van der Waals surface area contributed by atoms with Gasteiger partial charge in [-0.25, -0.2) is 14.5 Å². The van der Waals surface area contributed by atoms with Crippen molar-refractivity contribution in [2.45, 2.75) is 32.7 Å². The number of benzene rings is 1. The second-order valence-corrected chi connectivity index (χ2v) is 7.97. The van der Waals surface area contributed by atoms with E-state index in [0.29, 0.717) is 5.92 Å². The summed E-state index contributed by atoms with van der Waals surface area (Å²) >= 11 is 0. The predicted octanol–water partition coefficient (Wildman–Crippen LogP) is 3.70. The first-order valence-corrected chi connectivity index (χ1v) is 10.3. The lowest BCUT2D eigenvalue weighted by Gasteiger charge is -2.17. The van der Waals surface area contributed by atoms with Gasteiger partial charge in [-0.3, -0.25) is 0 Å². The average molecular weight is 387 g/mol. The smallest absolute Gasteiger partial charge is 0.166 e. The molecule has 0 amide bonds. The molecular formula is C23H26N6. The van der Waals surface area contributed by atoms with Crippen molar-refractivity contribution in [3.8, 4) is 11.4 Å². The number of hydrogen-bond acceptors (Lipinski definition) is 4. The van der Waals surface area contributed by atoms with Crippen LogP contribution in [-0.4, -0.2) is 48.7 Å². The van der Waals surface area contributed by atoms with Gasteiger partial charge in [-0.2, -0.15) is 5.10 Å². The van der Waals surface area contributed by atoms with Crippen LogP contribution in [0.2, 0.25) is 0 Å². The zero-order valence-electron chi connectivity index (χ0n) is 17.0. The van der Waals surface area contributed by atoms with Gasteiger partial charge in [-0.1, -0.05) is 30.3 Å². The zero-order valence-corrected chi connectivity index (χ0v) is 17.0. The fourth-order valence-corrected chi connectivity index (χ4v) is 4.44. The van der Waals surface area contributed by atoms with Gasteiger partial charge in [0.2, 0.25) is 0 Å². The number of fused-ring (bicyclic) bond motifs is 1. The summed E-state index contributed by atoms with van der Waals surface area (Å²) < 4.78 is 4.12. The zero-order chi connectivity index (χ0) is 19.8. The largest absolute Gasteiger partial charge is 0.330 e. The molecule has 6 nitrogen and oxygen atoms in total. The first-order chi connectivity index (χ1) is 14.2. The van der Waals surface area contributed by atoms with Crippen molar-refractivity contribution < 1.29 is 0 Å². The van der Waals surface area contributed by atoms with E-state index in [0.717, 1.165) is 54.6 Å². The van der Waals surface area contributed by atoms with Crippen LogP contribution in [0.25, 0.3) is 17.0 Å². The molecule has 6 heteroatoms. The fraction of sp³-hybridized carbons (Fsp3) is 0.348. The third-order valence-electron chi connectivity index (χ3n) is 5.93. The Labute approximate surface area is 170 Å². The third kappa shape index (κ3) is 3.44. The second-order valence-electron chi connectivity index (χ2n) is 7.97. The van der Waals surface area contributed by atoms with Gasteiger partial charge in [0.15, 0.2) is 5.65 Å². The van der Waals surface area contributed by atoms with Gasteiger partial charge < -0.3 is 9.47 Å². The number of imidazole rings is 1. The SMILES string of the molecule is Cc1cc(C)n2ncc(-c3nccn3CCN3CCC(c4ccccc4)C3)c2n1. The van der Waals surface area contributed by atoms with Crippen LogP contribution in [0, 0.1) is 13.8 Å². The molecule has 0 radical (unpaired) electrons. The summed E-state index contributed by atoms with van der Waals surface area (Å²) in [6.07, 6.45) is 7.05.